The molecule has 2 rings (SSSR count). The second kappa shape index (κ2) is 13.4. The molecule has 0 unspecified atom stereocenters. The molecule has 0 atom stereocenters. The highest BCUT2D eigenvalue weighted by atomic mass is 16.7. The molecule has 0 radical (unpaired) electrons. The van der Waals surface area contributed by atoms with Crippen molar-refractivity contribution in [2.75, 3.05) is 32.4 Å². The summed E-state index contributed by atoms with van der Waals surface area (Å²) < 4.78 is 22.6. The zero-order chi connectivity index (χ0) is 21.6. The number of unbranched alkanes of at least 4 members (excludes halogenated alkanes) is 4. The van der Waals surface area contributed by atoms with E-state index in [1.807, 2.05) is 50.4 Å². The lowest BCUT2D eigenvalue weighted by atomic mass is 10.1. The van der Waals surface area contributed by atoms with E-state index >= 15 is 0 Å². The predicted molar refractivity (Wildman–Crippen MR) is 123 cm³/mol. The summed E-state index contributed by atoms with van der Waals surface area (Å²) in [6.45, 7) is 9.31. The summed E-state index contributed by atoms with van der Waals surface area (Å²) >= 11 is 0. The smallest absolute Gasteiger partial charge is 0.230 e. The number of anilines is 1. The zero-order valence-corrected chi connectivity index (χ0v) is 18.5. The first-order valence-electron chi connectivity index (χ1n) is 10.6. The van der Waals surface area contributed by atoms with Gasteiger partial charge in [0.2, 0.25) is 6.79 Å². The molecule has 0 bridgehead atoms. The van der Waals surface area contributed by atoms with E-state index in [4.69, 9.17) is 18.9 Å². The minimum atomic E-state index is 0.164. The van der Waals surface area contributed by atoms with E-state index in [2.05, 4.69) is 18.8 Å². The van der Waals surface area contributed by atoms with Crippen molar-refractivity contribution in [2.45, 2.75) is 46.0 Å². The normalized spacial score (nSPS) is 10.4. The average Bonchev–Trinajstić information content (AvgIpc) is 2.77. The van der Waals surface area contributed by atoms with Gasteiger partial charge >= 0.3 is 0 Å². The molecule has 0 aromatic heterocycles. The molecule has 0 fully saturated rings. The molecule has 1 N–H and O–H groups in total. The lowest BCUT2D eigenvalue weighted by Gasteiger charge is -2.15. The first kappa shape index (κ1) is 23.5. The van der Waals surface area contributed by atoms with Gasteiger partial charge in [-0.15, -0.1) is 0 Å². The van der Waals surface area contributed by atoms with Gasteiger partial charge in [0.25, 0.3) is 0 Å². The maximum Gasteiger partial charge on any atom is 0.230 e. The van der Waals surface area contributed by atoms with Crippen molar-refractivity contribution in [3.05, 3.63) is 60.4 Å². The van der Waals surface area contributed by atoms with Gasteiger partial charge < -0.3 is 24.3 Å². The first-order valence-corrected chi connectivity index (χ1v) is 10.6. The Hall–Kier alpha value is -2.82. The molecule has 5 heteroatoms. The number of benzene rings is 2. The Morgan fingerprint density at radius 3 is 2.00 bits per heavy atom. The van der Waals surface area contributed by atoms with E-state index in [9.17, 15) is 0 Å². The highest BCUT2D eigenvalue weighted by molar-refractivity contribution is 5.47. The van der Waals surface area contributed by atoms with Crippen LogP contribution >= 0.6 is 0 Å². The van der Waals surface area contributed by atoms with E-state index in [0.29, 0.717) is 0 Å². The van der Waals surface area contributed by atoms with E-state index in [0.717, 1.165) is 60.1 Å². The maximum atomic E-state index is 5.98. The lowest BCUT2D eigenvalue weighted by molar-refractivity contribution is 0.119. The molecule has 0 aliphatic rings. The molecular formula is C25H35NO4. The van der Waals surface area contributed by atoms with E-state index in [1.165, 1.54) is 25.5 Å². The van der Waals surface area contributed by atoms with Gasteiger partial charge in [0.05, 0.1) is 19.5 Å². The third-order valence-corrected chi connectivity index (χ3v) is 5.05. The minimum absolute atomic E-state index is 0.164. The third kappa shape index (κ3) is 7.90. The highest BCUT2D eigenvalue weighted by Crippen LogP contribution is 2.29. The number of nitrogens with one attached hydrogen (secondary N) is 1. The summed E-state index contributed by atoms with van der Waals surface area (Å²) in [7, 11) is 1.89. The van der Waals surface area contributed by atoms with Crippen LogP contribution in [0.4, 0.5) is 5.69 Å². The van der Waals surface area contributed by atoms with E-state index in [1.54, 1.807) is 0 Å². The van der Waals surface area contributed by atoms with Gasteiger partial charge in [0, 0.05) is 12.7 Å². The van der Waals surface area contributed by atoms with Crippen LogP contribution in [0, 0.1) is 13.8 Å². The molecule has 2 aromatic carbocycles. The summed E-state index contributed by atoms with van der Waals surface area (Å²) in [5.41, 5.74) is 3.22. The molecule has 0 spiro atoms. The summed E-state index contributed by atoms with van der Waals surface area (Å²) in [6.07, 6.45) is 7.19. The van der Waals surface area contributed by atoms with Crippen LogP contribution in [0.25, 0.3) is 0 Å². The quantitative estimate of drug-likeness (QED) is 0.212. The first-order chi connectivity index (χ1) is 14.7. The van der Waals surface area contributed by atoms with Gasteiger partial charge in [-0.2, -0.15) is 0 Å². The summed E-state index contributed by atoms with van der Waals surface area (Å²) in [5, 5.41) is 3.08. The topological polar surface area (TPSA) is 49.0 Å². The SMILES string of the molecule is C=COCCCCCCCOc1ccc(OCOc2ccc(NC)cc2)c(C)c1C. The Bertz CT molecular complexity index is 758. The average molecular weight is 414 g/mol. The highest BCUT2D eigenvalue weighted by Gasteiger charge is 2.09. The third-order valence-electron chi connectivity index (χ3n) is 5.05. The Morgan fingerprint density at radius 2 is 1.37 bits per heavy atom. The molecule has 30 heavy (non-hydrogen) atoms. The summed E-state index contributed by atoms with van der Waals surface area (Å²) in [5.74, 6) is 2.51. The van der Waals surface area contributed by atoms with Crippen molar-refractivity contribution in [1.29, 1.82) is 0 Å². The molecule has 164 valence electrons. The van der Waals surface area contributed by atoms with Crippen LogP contribution in [-0.2, 0) is 4.74 Å². The second-order valence-corrected chi connectivity index (χ2v) is 7.15. The fourth-order valence-corrected chi connectivity index (χ4v) is 3.05. The Balaban J connectivity index is 1.70. The van der Waals surface area contributed by atoms with Crippen LogP contribution in [0.1, 0.15) is 43.2 Å². The summed E-state index contributed by atoms with van der Waals surface area (Å²) in [6, 6.07) is 11.7. The second-order valence-electron chi connectivity index (χ2n) is 7.15. The monoisotopic (exact) mass is 413 g/mol. The molecule has 0 aliphatic heterocycles. The van der Waals surface area contributed by atoms with Crippen LogP contribution in [0.3, 0.4) is 0 Å². The number of rotatable bonds is 15. The van der Waals surface area contributed by atoms with Crippen LogP contribution < -0.4 is 19.5 Å². The Morgan fingerprint density at radius 1 is 0.767 bits per heavy atom. The van der Waals surface area contributed by atoms with Crippen LogP contribution in [0.2, 0.25) is 0 Å². The largest absolute Gasteiger partial charge is 0.502 e. The Labute approximate surface area is 181 Å². The maximum absolute atomic E-state index is 5.98. The predicted octanol–water partition coefficient (Wildman–Crippen LogP) is 6.25. The molecule has 0 heterocycles. The van der Waals surface area contributed by atoms with Crippen molar-refractivity contribution < 1.29 is 18.9 Å². The summed E-state index contributed by atoms with van der Waals surface area (Å²) in [4.78, 5) is 0. The minimum Gasteiger partial charge on any atom is -0.502 e. The standard InChI is InChI=1S/C25H35NO4/c1-5-27-17-9-7-6-8-10-18-28-24-15-16-25(21(3)20(24)2)30-19-29-23-13-11-22(26-4)12-14-23/h5,11-16,26H,1,6-10,17-19H2,2-4H3. The van der Waals surface area contributed by atoms with Crippen LogP contribution in [0.5, 0.6) is 17.2 Å². The van der Waals surface area contributed by atoms with Gasteiger partial charge in [0.1, 0.15) is 17.2 Å². The van der Waals surface area contributed by atoms with Gasteiger partial charge in [-0.05, 0) is 74.2 Å². The fourth-order valence-electron chi connectivity index (χ4n) is 3.05. The van der Waals surface area contributed by atoms with Crippen molar-refractivity contribution in [3.63, 3.8) is 0 Å². The molecule has 5 nitrogen and oxygen atoms in total. The molecule has 0 saturated heterocycles. The van der Waals surface area contributed by atoms with Crippen molar-refractivity contribution >= 4 is 5.69 Å². The molecule has 0 saturated carbocycles. The van der Waals surface area contributed by atoms with Gasteiger partial charge in [0.15, 0.2) is 0 Å². The molecule has 0 amide bonds. The number of hydrogen-bond acceptors (Lipinski definition) is 5. The van der Waals surface area contributed by atoms with Crippen molar-refractivity contribution in [3.8, 4) is 17.2 Å². The van der Waals surface area contributed by atoms with E-state index < -0.39 is 0 Å². The lowest BCUT2D eigenvalue weighted by Crippen LogP contribution is -2.07. The van der Waals surface area contributed by atoms with Crippen molar-refractivity contribution in [2.24, 2.45) is 0 Å². The zero-order valence-electron chi connectivity index (χ0n) is 18.5. The van der Waals surface area contributed by atoms with Gasteiger partial charge in [-0.3, -0.25) is 0 Å². The van der Waals surface area contributed by atoms with Crippen LogP contribution in [-0.4, -0.2) is 27.1 Å². The fraction of sp³-hybridized carbons (Fsp3) is 0.440. The molecule has 0 aliphatic carbocycles. The van der Waals surface area contributed by atoms with Crippen molar-refractivity contribution in [1.82, 2.24) is 0 Å². The van der Waals surface area contributed by atoms with Gasteiger partial charge in [-0.1, -0.05) is 25.8 Å². The molecular weight excluding hydrogens is 378 g/mol. The number of ether oxygens (including phenoxy) is 4. The number of hydrogen-bond donors (Lipinski definition) is 1. The van der Waals surface area contributed by atoms with Crippen LogP contribution in [0.15, 0.2) is 49.2 Å². The van der Waals surface area contributed by atoms with E-state index in [-0.39, 0.29) is 6.79 Å². The molecule has 2 aromatic rings. The Kier molecular flexibility index (Phi) is 10.5. The van der Waals surface area contributed by atoms with Gasteiger partial charge in [-0.25, -0.2) is 0 Å².